The molecule has 1 aromatic heterocycles. The molecule has 6 heteroatoms. The van der Waals surface area contributed by atoms with Crippen molar-refractivity contribution in [1.82, 2.24) is 14.8 Å². The number of nitrogens with zero attached hydrogens (tertiary/aromatic N) is 3. The minimum absolute atomic E-state index is 0.0910. The largest absolute Gasteiger partial charge is 0.368 e. The smallest absolute Gasteiger partial charge is 0.298 e. The molecule has 4 N–H and O–H groups in total. The number of aromatic nitrogens is 3. The fraction of sp³-hybridized carbons (Fsp3) is 0.250. The molecule has 0 fully saturated rings. The van der Waals surface area contributed by atoms with E-state index in [0.717, 1.165) is 5.56 Å². The molecule has 0 radical (unpaired) electrons. The molecule has 0 aliphatic carbocycles. The van der Waals surface area contributed by atoms with E-state index in [9.17, 15) is 4.79 Å². The molecule has 0 saturated carbocycles. The fourth-order valence-corrected chi connectivity index (χ4v) is 1.60. The lowest BCUT2D eigenvalue weighted by Crippen LogP contribution is -2.28. The Kier molecular flexibility index (Phi) is 3.38. The predicted molar refractivity (Wildman–Crippen MR) is 68.9 cm³/mol. The highest BCUT2D eigenvalue weighted by Gasteiger charge is 2.11. The molecular weight excluding hydrogens is 230 g/mol. The van der Waals surface area contributed by atoms with Gasteiger partial charge in [-0.2, -0.15) is 10.1 Å². The molecular formula is C12H15N5O. The Morgan fingerprint density at radius 1 is 1.33 bits per heavy atom. The molecule has 1 atom stereocenters. The number of rotatable bonds is 3. The van der Waals surface area contributed by atoms with Gasteiger partial charge in [0.15, 0.2) is 0 Å². The van der Waals surface area contributed by atoms with E-state index in [2.05, 4.69) is 10.1 Å². The van der Waals surface area contributed by atoms with Crippen molar-refractivity contribution >= 4 is 5.95 Å². The molecule has 0 spiro atoms. The summed E-state index contributed by atoms with van der Waals surface area (Å²) in [5, 5.41) is 4.16. The van der Waals surface area contributed by atoms with Gasteiger partial charge in [0, 0.05) is 0 Å². The molecule has 1 aromatic carbocycles. The summed E-state index contributed by atoms with van der Waals surface area (Å²) < 4.78 is 1.48. The first-order chi connectivity index (χ1) is 8.58. The zero-order valence-corrected chi connectivity index (χ0v) is 10.1. The third-order valence-electron chi connectivity index (χ3n) is 2.53. The third-order valence-corrected chi connectivity index (χ3v) is 2.53. The topological polar surface area (TPSA) is 99.8 Å². The first kappa shape index (κ1) is 12.3. The average molecular weight is 245 g/mol. The second-order valence-electron chi connectivity index (χ2n) is 4.09. The van der Waals surface area contributed by atoms with Gasteiger partial charge in [0.1, 0.15) is 5.69 Å². The normalized spacial score (nSPS) is 12.3. The summed E-state index contributed by atoms with van der Waals surface area (Å²) in [7, 11) is 0. The van der Waals surface area contributed by atoms with Gasteiger partial charge in [-0.1, -0.05) is 30.3 Å². The maximum atomic E-state index is 11.5. The summed E-state index contributed by atoms with van der Waals surface area (Å²) in [6.07, 6.45) is 0. The van der Waals surface area contributed by atoms with Crippen molar-refractivity contribution in [3.05, 3.63) is 51.9 Å². The summed E-state index contributed by atoms with van der Waals surface area (Å²) >= 11 is 0. The van der Waals surface area contributed by atoms with Crippen LogP contribution in [-0.2, 0) is 6.54 Å². The van der Waals surface area contributed by atoms with E-state index in [1.54, 1.807) is 6.92 Å². The van der Waals surface area contributed by atoms with Crippen LogP contribution in [0.3, 0.4) is 0 Å². The predicted octanol–water partition coefficient (Wildman–Crippen LogP) is 0.289. The Morgan fingerprint density at radius 3 is 2.61 bits per heavy atom. The van der Waals surface area contributed by atoms with Crippen LogP contribution in [0.2, 0.25) is 0 Å². The van der Waals surface area contributed by atoms with Crippen LogP contribution in [0.25, 0.3) is 0 Å². The van der Waals surface area contributed by atoms with Gasteiger partial charge in [-0.3, -0.25) is 4.79 Å². The van der Waals surface area contributed by atoms with Crippen LogP contribution >= 0.6 is 0 Å². The van der Waals surface area contributed by atoms with Gasteiger partial charge in [0.05, 0.1) is 12.6 Å². The van der Waals surface area contributed by atoms with E-state index in [0.29, 0.717) is 6.54 Å². The maximum Gasteiger partial charge on any atom is 0.298 e. The second-order valence-corrected chi connectivity index (χ2v) is 4.09. The quantitative estimate of drug-likeness (QED) is 0.809. The van der Waals surface area contributed by atoms with Crippen molar-refractivity contribution in [2.75, 3.05) is 5.73 Å². The maximum absolute atomic E-state index is 11.5. The third kappa shape index (κ3) is 2.54. The standard InChI is InChI=1S/C12H15N5O/c1-8(13)10-11(18)15-12(14)17(16-10)7-9-5-3-2-4-6-9/h2-6,8H,7,13H2,1H3,(H2,14,15,18). The summed E-state index contributed by atoms with van der Waals surface area (Å²) in [6.45, 7) is 2.15. The van der Waals surface area contributed by atoms with Crippen molar-refractivity contribution in [1.29, 1.82) is 0 Å². The number of nitrogens with two attached hydrogens (primary N) is 2. The lowest BCUT2D eigenvalue weighted by atomic mass is 10.2. The molecule has 0 aliphatic heterocycles. The van der Waals surface area contributed by atoms with Crippen LogP contribution in [0.4, 0.5) is 5.95 Å². The Hall–Kier alpha value is -2.21. The highest BCUT2D eigenvalue weighted by Crippen LogP contribution is 2.05. The average Bonchev–Trinajstić information content (AvgIpc) is 2.33. The lowest BCUT2D eigenvalue weighted by molar-refractivity contribution is 0.603. The van der Waals surface area contributed by atoms with Gasteiger partial charge < -0.3 is 11.5 Å². The first-order valence-corrected chi connectivity index (χ1v) is 5.62. The van der Waals surface area contributed by atoms with Crippen LogP contribution in [0.1, 0.15) is 24.2 Å². The summed E-state index contributed by atoms with van der Waals surface area (Å²) in [5.41, 5.74) is 12.1. The Bertz CT molecular complexity index is 591. The molecule has 0 amide bonds. The van der Waals surface area contributed by atoms with Crippen LogP contribution < -0.4 is 17.0 Å². The van der Waals surface area contributed by atoms with Crippen molar-refractivity contribution in [3.63, 3.8) is 0 Å². The van der Waals surface area contributed by atoms with E-state index in [-0.39, 0.29) is 11.6 Å². The molecule has 0 aliphatic rings. The number of anilines is 1. The fourth-order valence-electron chi connectivity index (χ4n) is 1.60. The number of nitrogen functional groups attached to an aromatic ring is 1. The second kappa shape index (κ2) is 4.97. The Balaban J connectivity index is 2.39. The zero-order chi connectivity index (χ0) is 13.1. The zero-order valence-electron chi connectivity index (χ0n) is 10.1. The van der Waals surface area contributed by atoms with Crippen LogP contribution in [-0.4, -0.2) is 14.8 Å². The van der Waals surface area contributed by atoms with Gasteiger partial charge in [-0.25, -0.2) is 4.68 Å². The highest BCUT2D eigenvalue weighted by atomic mass is 16.1. The van der Waals surface area contributed by atoms with E-state index in [1.165, 1.54) is 4.68 Å². The molecule has 94 valence electrons. The molecule has 2 aromatic rings. The van der Waals surface area contributed by atoms with Gasteiger partial charge in [-0.05, 0) is 12.5 Å². The van der Waals surface area contributed by atoms with Crippen molar-refractivity contribution in [2.45, 2.75) is 19.5 Å². The molecule has 1 heterocycles. The molecule has 0 bridgehead atoms. The first-order valence-electron chi connectivity index (χ1n) is 5.62. The minimum Gasteiger partial charge on any atom is -0.368 e. The SMILES string of the molecule is CC(N)c1nn(Cc2ccccc2)c(N)nc1=O. The number of hydrogen-bond donors (Lipinski definition) is 2. The molecule has 2 rings (SSSR count). The summed E-state index contributed by atoms with van der Waals surface area (Å²) in [6, 6.07) is 9.21. The summed E-state index contributed by atoms with van der Waals surface area (Å²) in [5.74, 6) is 0.0910. The van der Waals surface area contributed by atoms with E-state index < -0.39 is 11.6 Å². The molecule has 0 saturated heterocycles. The number of hydrogen-bond acceptors (Lipinski definition) is 5. The van der Waals surface area contributed by atoms with Crippen molar-refractivity contribution < 1.29 is 0 Å². The van der Waals surface area contributed by atoms with Gasteiger partial charge in [0.2, 0.25) is 5.95 Å². The molecule has 18 heavy (non-hydrogen) atoms. The van der Waals surface area contributed by atoms with E-state index >= 15 is 0 Å². The Labute approximate surface area is 104 Å². The van der Waals surface area contributed by atoms with Crippen molar-refractivity contribution in [3.8, 4) is 0 Å². The lowest BCUT2D eigenvalue weighted by Gasteiger charge is -2.11. The van der Waals surface area contributed by atoms with Crippen molar-refractivity contribution in [2.24, 2.45) is 5.73 Å². The van der Waals surface area contributed by atoms with Gasteiger partial charge in [0.25, 0.3) is 5.56 Å². The van der Waals surface area contributed by atoms with Crippen LogP contribution in [0.5, 0.6) is 0 Å². The highest BCUT2D eigenvalue weighted by molar-refractivity contribution is 5.21. The monoisotopic (exact) mass is 245 g/mol. The van der Waals surface area contributed by atoms with Crippen LogP contribution in [0, 0.1) is 0 Å². The van der Waals surface area contributed by atoms with Gasteiger partial charge >= 0.3 is 0 Å². The van der Waals surface area contributed by atoms with E-state index in [1.807, 2.05) is 30.3 Å². The Morgan fingerprint density at radius 2 is 2.00 bits per heavy atom. The van der Waals surface area contributed by atoms with Crippen LogP contribution in [0.15, 0.2) is 35.1 Å². The molecule has 6 nitrogen and oxygen atoms in total. The number of benzene rings is 1. The summed E-state index contributed by atoms with van der Waals surface area (Å²) in [4.78, 5) is 15.3. The minimum atomic E-state index is -0.466. The molecule has 1 unspecified atom stereocenters. The van der Waals surface area contributed by atoms with Gasteiger partial charge in [-0.15, -0.1) is 0 Å². The van der Waals surface area contributed by atoms with E-state index in [4.69, 9.17) is 11.5 Å².